The van der Waals surface area contributed by atoms with Gasteiger partial charge in [-0.3, -0.25) is 4.79 Å². The Hall–Kier alpha value is -2.60. The summed E-state index contributed by atoms with van der Waals surface area (Å²) in [5.74, 6) is 1.04. The monoisotopic (exact) mass is 445 g/mol. The fourth-order valence-electron chi connectivity index (χ4n) is 4.40. The Morgan fingerprint density at radius 2 is 1.62 bits per heavy atom. The van der Waals surface area contributed by atoms with Gasteiger partial charge in [-0.1, -0.05) is 54.6 Å². The third-order valence-corrected chi connectivity index (χ3v) is 7.39. The van der Waals surface area contributed by atoms with Crippen LogP contribution < -0.4 is 4.90 Å². The van der Waals surface area contributed by atoms with Crippen LogP contribution in [0.1, 0.15) is 30.9 Å². The fourth-order valence-corrected chi connectivity index (χ4v) is 5.34. The minimum Gasteiger partial charge on any atom is -0.393 e. The smallest absolute Gasteiger partial charge is 0.230 e. The van der Waals surface area contributed by atoms with Crippen molar-refractivity contribution in [3.05, 3.63) is 84.4 Å². The number of hydrogen-bond acceptors (Lipinski definition) is 4. The van der Waals surface area contributed by atoms with Crippen molar-refractivity contribution < 1.29 is 14.6 Å². The van der Waals surface area contributed by atoms with Gasteiger partial charge in [0.1, 0.15) is 0 Å². The van der Waals surface area contributed by atoms with E-state index in [-0.39, 0.29) is 24.2 Å². The first-order valence-electron chi connectivity index (χ1n) is 11.2. The lowest BCUT2D eigenvalue weighted by Gasteiger charge is -2.40. The number of hydrogen-bond donors (Lipinski definition) is 1. The quantitative estimate of drug-likeness (QED) is 0.404. The van der Waals surface area contributed by atoms with E-state index in [9.17, 15) is 9.90 Å². The summed E-state index contributed by atoms with van der Waals surface area (Å²) < 4.78 is 5.74. The van der Waals surface area contributed by atoms with Crippen LogP contribution in [-0.2, 0) is 9.53 Å². The largest absolute Gasteiger partial charge is 0.393 e. The van der Waals surface area contributed by atoms with Gasteiger partial charge in [0.15, 0.2) is 0 Å². The lowest BCUT2D eigenvalue weighted by molar-refractivity contribution is -0.124. The van der Waals surface area contributed by atoms with Gasteiger partial charge in [-0.15, -0.1) is 11.8 Å². The van der Waals surface area contributed by atoms with Crippen LogP contribution in [-0.4, -0.2) is 35.6 Å². The lowest BCUT2D eigenvalue weighted by Crippen LogP contribution is -2.46. The molecule has 0 aliphatic carbocycles. The van der Waals surface area contributed by atoms with E-state index in [1.165, 1.54) is 21.6 Å². The van der Waals surface area contributed by atoms with Crippen LogP contribution in [0.3, 0.4) is 0 Å². The zero-order valence-electron chi connectivity index (χ0n) is 17.9. The molecule has 1 N–H and O–H groups in total. The predicted octanol–water partition coefficient (Wildman–Crippen LogP) is 5.46. The maximum absolute atomic E-state index is 12.2. The number of carbonyl (C=O) groups is 1. The van der Waals surface area contributed by atoms with Gasteiger partial charge < -0.3 is 14.7 Å². The average molecular weight is 446 g/mol. The molecule has 0 radical (unpaired) electrons. The van der Waals surface area contributed by atoms with Crippen molar-refractivity contribution in [1.29, 1.82) is 0 Å². The molecule has 3 atom stereocenters. The van der Waals surface area contributed by atoms with Gasteiger partial charge in [-0.2, -0.15) is 0 Å². The van der Waals surface area contributed by atoms with Crippen molar-refractivity contribution >= 4 is 23.4 Å². The highest BCUT2D eigenvalue weighted by Crippen LogP contribution is 2.39. The number of aliphatic hydroxyl groups excluding tert-OH is 1. The van der Waals surface area contributed by atoms with Gasteiger partial charge in [0.25, 0.3) is 0 Å². The molecule has 5 rings (SSSR count). The third-order valence-electron chi connectivity index (χ3n) is 6.24. The normalized spacial score (nSPS) is 23.1. The summed E-state index contributed by atoms with van der Waals surface area (Å²) in [6.45, 7) is 0.652. The number of rotatable bonds is 6. The van der Waals surface area contributed by atoms with E-state index in [0.717, 1.165) is 24.3 Å². The number of aliphatic hydroxyl groups is 1. The number of amides is 1. The number of β-lactam (4-membered cyclic amide) rings is 1. The van der Waals surface area contributed by atoms with E-state index in [4.69, 9.17) is 4.74 Å². The van der Waals surface area contributed by atoms with Crippen molar-refractivity contribution in [2.24, 2.45) is 0 Å². The summed E-state index contributed by atoms with van der Waals surface area (Å²) in [6.07, 6.45) is 1.94. The number of anilines is 1. The maximum Gasteiger partial charge on any atom is 0.230 e. The molecule has 0 bridgehead atoms. The highest BCUT2D eigenvalue weighted by molar-refractivity contribution is 7.99. The standard InChI is InChI=1S/C27H27NO3S/c29-23-14-15-31-24(16-23)18-32-25-12-10-20(11-13-25)19-6-8-21(9-7-19)26-17-27(30)28(26)22-4-2-1-3-5-22/h1-13,23-24,26,29H,14-18H2. The highest BCUT2D eigenvalue weighted by atomic mass is 32.2. The molecule has 0 aromatic heterocycles. The van der Waals surface area contributed by atoms with E-state index in [0.29, 0.717) is 13.0 Å². The van der Waals surface area contributed by atoms with Crippen LogP contribution >= 0.6 is 11.8 Å². The number of thioether (sulfide) groups is 1. The minimum absolute atomic E-state index is 0.109. The first-order chi connectivity index (χ1) is 15.7. The van der Waals surface area contributed by atoms with Gasteiger partial charge in [0.2, 0.25) is 5.91 Å². The van der Waals surface area contributed by atoms with Crippen molar-refractivity contribution in [2.75, 3.05) is 17.3 Å². The SMILES string of the molecule is O=C1CC(c2ccc(-c3ccc(SCC4CC(O)CCO4)cc3)cc2)N1c1ccccc1. The Kier molecular flexibility index (Phi) is 6.30. The first-order valence-corrected chi connectivity index (χ1v) is 12.2. The molecule has 3 aromatic rings. The maximum atomic E-state index is 12.2. The van der Waals surface area contributed by atoms with E-state index < -0.39 is 0 Å². The summed E-state index contributed by atoms with van der Waals surface area (Å²) in [5.41, 5.74) is 4.47. The summed E-state index contributed by atoms with van der Waals surface area (Å²) in [7, 11) is 0. The van der Waals surface area contributed by atoms with Crippen LogP contribution in [0.4, 0.5) is 5.69 Å². The van der Waals surface area contributed by atoms with E-state index in [2.05, 4.69) is 48.5 Å². The van der Waals surface area contributed by atoms with E-state index >= 15 is 0 Å². The minimum atomic E-state index is -0.225. The molecule has 2 aliphatic heterocycles. The van der Waals surface area contributed by atoms with Crippen molar-refractivity contribution in [2.45, 2.75) is 42.4 Å². The zero-order valence-corrected chi connectivity index (χ0v) is 18.7. The molecular formula is C27H27NO3S. The Bertz CT molecular complexity index is 1050. The molecule has 3 aromatic carbocycles. The zero-order chi connectivity index (χ0) is 21.9. The molecule has 0 spiro atoms. The Balaban J connectivity index is 1.22. The number of ether oxygens (including phenoxy) is 1. The van der Waals surface area contributed by atoms with Gasteiger partial charge in [0, 0.05) is 29.4 Å². The van der Waals surface area contributed by atoms with E-state index in [1.54, 1.807) is 11.8 Å². The van der Waals surface area contributed by atoms with Crippen molar-refractivity contribution in [1.82, 2.24) is 0 Å². The number of nitrogens with zero attached hydrogens (tertiary/aromatic N) is 1. The van der Waals surface area contributed by atoms with Crippen LogP contribution in [0.2, 0.25) is 0 Å². The van der Waals surface area contributed by atoms with Gasteiger partial charge in [-0.05, 0) is 47.4 Å². The Labute approximate surface area is 193 Å². The van der Waals surface area contributed by atoms with Gasteiger partial charge in [-0.25, -0.2) is 0 Å². The summed E-state index contributed by atoms with van der Waals surface area (Å²) >= 11 is 1.77. The van der Waals surface area contributed by atoms with Crippen LogP contribution in [0.5, 0.6) is 0 Å². The first kappa shape index (κ1) is 21.3. The second kappa shape index (κ2) is 9.49. The second-order valence-electron chi connectivity index (χ2n) is 8.45. The lowest BCUT2D eigenvalue weighted by atomic mass is 9.91. The fraction of sp³-hybridized carbons (Fsp3) is 0.296. The highest BCUT2D eigenvalue weighted by Gasteiger charge is 2.38. The molecular weight excluding hydrogens is 418 g/mol. The summed E-state index contributed by atoms with van der Waals surface area (Å²) in [5, 5.41) is 9.79. The molecule has 2 heterocycles. The number of benzene rings is 3. The molecule has 3 unspecified atom stereocenters. The molecule has 32 heavy (non-hydrogen) atoms. The van der Waals surface area contributed by atoms with Crippen molar-refractivity contribution in [3.63, 3.8) is 0 Å². The summed E-state index contributed by atoms with van der Waals surface area (Å²) in [6, 6.07) is 27.1. The summed E-state index contributed by atoms with van der Waals surface area (Å²) in [4.78, 5) is 15.3. The molecule has 2 fully saturated rings. The Morgan fingerprint density at radius 3 is 2.28 bits per heavy atom. The third kappa shape index (κ3) is 4.60. The van der Waals surface area contributed by atoms with Gasteiger partial charge in [0.05, 0.1) is 24.7 Å². The molecule has 2 aliphatic rings. The molecule has 164 valence electrons. The van der Waals surface area contributed by atoms with Crippen LogP contribution in [0.15, 0.2) is 83.8 Å². The molecule has 2 saturated heterocycles. The van der Waals surface area contributed by atoms with E-state index in [1.807, 2.05) is 35.2 Å². The van der Waals surface area contributed by atoms with Gasteiger partial charge >= 0.3 is 0 Å². The molecule has 4 nitrogen and oxygen atoms in total. The number of carbonyl (C=O) groups excluding carboxylic acids is 1. The molecule has 1 amide bonds. The molecule has 0 saturated carbocycles. The predicted molar refractivity (Wildman–Crippen MR) is 129 cm³/mol. The number of para-hydroxylation sites is 1. The second-order valence-corrected chi connectivity index (χ2v) is 9.54. The molecule has 5 heteroatoms. The average Bonchev–Trinajstić information content (AvgIpc) is 2.82. The van der Waals surface area contributed by atoms with Crippen LogP contribution in [0, 0.1) is 0 Å². The Morgan fingerprint density at radius 1 is 0.938 bits per heavy atom. The van der Waals surface area contributed by atoms with Crippen molar-refractivity contribution in [3.8, 4) is 11.1 Å². The van der Waals surface area contributed by atoms with Crippen LogP contribution in [0.25, 0.3) is 11.1 Å². The topological polar surface area (TPSA) is 49.8 Å².